The van der Waals surface area contributed by atoms with Crippen LogP contribution in [0.4, 0.5) is 0 Å². The molecule has 4 rings (SSSR count). The van der Waals surface area contributed by atoms with Gasteiger partial charge in [-0.15, -0.1) is 0 Å². The van der Waals surface area contributed by atoms with Gasteiger partial charge in [-0.1, -0.05) is 41.9 Å². The molecular formula is C24H26ClN3O2. The zero-order valence-electron chi connectivity index (χ0n) is 17.1. The van der Waals surface area contributed by atoms with Crippen molar-refractivity contribution >= 4 is 28.4 Å². The Morgan fingerprint density at radius 1 is 1.17 bits per heavy atom. The van der Waals surface area contributed by atoms with Gasteiger partial charge in [-0.2, -0.15) is 0 Å². The predicted molar refractivity (Wildman–Crippen MR) is 120 cm³/mol. The topological polar surface area (TPSA) is 54.5 Å². The molecule has 1 fully saturated rings. The number of piperidine rings is 1. The van der Waals surface area contributed by atoms with Crippen LogP contribution in [-0.2, 0) is 6.54 Å². The quantitative estimate of drug-likeness (QED) is 0.591. The molecule has 1 saturated heterocycles. The number of fused-ring (bicyclic) bond motifs is 1. The van der Waals surface area contributed by atoms with Crippen LogP contribution in [0.5, 0.6) is 5.75 Å². The Kier molecular flexibility index (Phi) is 6.50. The van der Waals surface area contributed by atoms with Gasteiger partial charge in [0.25, 0.3) is 5.91 Å². The van der Waals surface area contributed by atoms with Crippen molar-refractivity contribution in [3.05, 3.63) is 70.9 Å². The first-order chi connectivity index (χ1) is 14.6. The lowest BCUT2D eigenvalue weighted by Gasteiger charge is -2.32. The van der Waals surface area contributed by atoms with Crippen LogP contribution >= 0.6 is 11.6 Å². The number of methoxy groups -OCH3 is 1. The SMILES string of the molecule is COc1ccc(CN2CCC(CNC(=O)c3cc(Cl)nc4ccccc34)CC2)cc1. The molecule has 156 valence electrons. The average Bonchev–Trinajstić information content (AvgIpc) is 2.78. The van der Waals surface area contributed by atoms with E-state index in [-0.39, 0.29) is 5.91 Å². The third kappa shape index (κ3) is 4.91. The maximum Gasteiger partial charge on any atom is 0.252 e. The summed E-state index contributed by atoms with van der Waals surface area (Å²) in [7, 11) is 1.68. The number of para-hydroxylation sites is 1. The van der Waals surface area contributed by atoms with Crippen LogP contribution in [0.2, 0.25) is 5.15 Å². The zero-order valence-corrected chi connectivity index (χ0v) is 17.9. The number of rotatable bonds is 6. The molecule has 0 bridgehead atoms. The van der Waals surface area contributed by atoms with Crippen molar-refractivity contribution in [1.82, 2.24) is 15.2 Å². The standard InChI is InChI=1S/C24H26ClN3O2/c1-30-19-8-6-18(7-9-19)16-28-12-10-17(11-13-28)15-26-24(29)21-14-23(25)27-22-5-3-2-4-20(21)22/h2-9,14,17H,10-13,15-16H2,1H3,(H,26,29). The van der Waals surface area contributed by atoms with Gasteiger partial charge in [-0.25, -0.2) is 4.98 Å². The van der Waals surface area contributed by atoms with E-state index < -0.39 is 0 Å². The first kappa shape index (κ1) is 20.6. The second-order valence-electron chi connectivity index (χ2n) is 7.79. The van der Waals surface area contributed by atoms with Gasteiger partial charge in [0.15, 0.2) is 0 Å². The highest BCUT2D eigenvalue weighted by molar-refractivity contribution is 6.30. The van der Waals surface area contributed by atoms with Crippen LogP contribution in [0.15, 0.2) is 54.6 Å². The Morgan fingerprint density at radius 3 is 2.63 bits per heavy atom. The van der Waals surface area contributed by atoms with Gasteiger partial charge in [0, 0.05) is 18.5 Å². The van der Waals surface area contributed by atoms with Crippen molar-refractivity contribution < 1.29 is 9.53 Å². The maximum absolute atomic E-state index is 12.8. The smallest absolute Gasteiger partial charge is 0.252 e. The predicted octanol–water partition coefficient (Wildman–Crippen LogP) is 4.54. The first-order valence-electron chi connectivity index (χ1n) is 10.3. The van der Waals surface area contributed by atoms with Crippen LogP contribution in [0.3, 0.4) is 0 Å². The Balaban J connectivity index is 1.29. The number of amides is 1. The van der Waals surface area contributed by atoms with Crippen molar-refractivity contribution in [2.45, 2.75) is 19.4 Å². The molecule has 0 unspecified atom stereocenters. The molecule has 0 aliphatic carbocycles. The van der Waals surface area contributed by atoms with Gasteiger partial charge in [-0.05, 0) is 61.7 Å². The van der Waals surface area contributed by atoms with Crippen molar-refractivity contribution in [2.24, 2.45) is 5.92 Å². The molecule has 1 aliphatic rings. The molecule has 0 radical (unpaired) electrons. The number of nitrogens with zero attached hydrogens (tertiary/aromatic N) is 2. The molecule has 30 heavy (non-hydrogen) atoms. The summed E-state index contributed by atoms with van der Waals surface area (Å²) in [6, 6.07) is 17.5. The normalized spacial score (nSPS) is 15.3. The van der Waals surface area contributed by atoms with Crippen LogP contribution in [0, 0.1) is 5.92 Å². The first-order valence-corrected chi connectivity index (χ1v) is 10.7. The van der Waals surface area contributed by atoms with Crippen LogP contribution in [0.25, 0.3) is 10.9 Å². The van der Waals surface area contributed by atoms with Crippen molar-refractivity contribution in [1.29, 1.82) is 0 Å². The van der Waals surface area contributed by atoms with Gasteiger partial charge in [0.1, 0.15) is 10.9 Å². The summed E-state index contributed by atoms with van der Waals surface area (Å²) >= 11 is 6.11. The molecule has 1 aliphatic heterocycles. The average molecular weight is 424 g/mol. The minimum absolute atomic E-state index is 0.0869. The van der Waals surface area contributed by atoms with E-state index in [1.165, 1.54) is 5.56 Å². The van der Waals surface area contributed by atoms with Crippen LogP contribution in [0.1, 0.15) is 28.8 Å². The molecule has 1 N–H and O–H groups in total. The van der Waals surface area contributed by atoms with E-state index in [2.05, 4.69) is 27.3 Å². The lowest BCUT2D eigenvalue weighted by Crippen LogP contribution is -2.38. The molecule has 2 aromatic carbocycles. The van der Waals surface area contributed by atoms with Crippen LogP contribution < -0.4 is 10.1 Å². The number of hydrogen-bond acceptors (Lipinski definition) is 4. The van der Waals surface area contributed by atoms with E-state index in [0.717, 1.165) is 49.1 Å². The Hall–Kier alpha value is -2.63. The highest BCUT2D eigenvalue weighted by atomic mass is 35.5. The molecule has 0 atom stereocenters. The number of nitrogens with one attached hydrogen (secondary N) is 1. The molecule has 6 heteroatoms. The molecule has 2 heterocycles. The Bertz CT molecular complexity index is 1010. The summed E-state index contributed by atoms with van der Waals surface area (Å²) in [6.07, 6.45) is 2.16. The summed E-state index contributed by atoms with van der Waals surface area (Å²) in [6.45, 7) is 3.71. The summed E-state index contributed by atoms with van der Waals surface area (Å²) in [5, 5.41) is 4.27. The summed E-state index contributed by atoms with van der Waals surface area (Å²) in [5.74, 6) is 1.29. The minimum Gasteiger partial charge on any atom is -0.497 e. The molecule has 5 nitrogen and oxygen atoms in total. The van der Waals surface area contributed by atoms with Crippen molar-refractivity contribution in [3.8, 4) is 5.75 Å². The van der Waals surface area contributed by atoms with E-state index in [1.807, 2.05) is 36.4 Å². The van der Waals surface area contributed by atoms with E-state index in [9.17, 15) is 4.79 Å². The lowest BCUT2D eigenvalue weighted by atomic mass is 9.96. The Labute approximate surface area is 182 Å². The second-order valence-corrected chi connectivity index (χ2v) is 8.17. The number of pyridine rings is 1. The van der Waals surface area contributed by atoms with Gasteiger partial charge in [-0.3, -0.25) is 9.69 Å². The largest absolute Gasteiger partial charge is 0.497 e. The van der Waals surface area contributed by atoms with Crippen LogP contribution in [-0.4, -0.2) is 42.5 Å². The molecule has 0 saturated carbocycles. The number of halogens is 1. The number of likely N-dealkylation sites (tertiary alicyclic amines) is 1. The Morgan fingerprint density at radius 2 is 1.90 bits per heavy atom. The van der Waals surface area contributed by atoms with Crippen molar-refractivity contribution in [2.75, 3.05) is 26.7 Å². The van der Waals surface area contributed by atoms with E-state index in [0.29, 0.717) is 23.2 Å². The van der Waals surface area contributed by atoms with E-state index in [4.69, 9.17) is 16.3 Å². The fraction of sp³-hybridized carbons (Fsp3) is 0.333. The summed E-state index contributed by atoms with van der Waals surface area (Å²) in [5.41, 5.74) is 2.62. The highest BCUT2D eigenvalue weighted by Crippen LogP contribution is 2.22. The maximum atomic E-state index is 12.8. The number of benzene rings is 2. The second kappa shape index (κ2) is 9.45. The zero-order chi connectivity index (χ0) is 20.9. The van der Waals surface area contributed by atoms with Crippen molar-refractivity contribution in [3.63, 3.8) is 0 Å². The van der Waals surface area contributed by atoms with E-state index in [1.54, 1.807) is 13.2 Å². The number of carbonyl (C=O) groups is 1. The molecule has 0 spiro atoms. The highest BCUT2D eigenvalue weighted by Gasteiger charge is 2.21. The summed E-state index contributed by atoms with van der Waals surface area (Å²) < 4.78 is 5.22. The molecule has 1 aromatic heterocycles. The fourth-order valence-corrected chi connectivity index (χ4v) is 4.20. The lowest BCUT2D eigenvalue weighted by molar-refractivity contribution is 0.0937. The van der Waals surface area contributed by atoms with Gasteiger partial charge >= 0.3 is 0 Å². The molecule has 3 aromatic rings. The number of carbonyl (C=O) groups excluding carboxylic acids is 1. The monoisotopic (exact) mass is 423 g/mol. The number of ether oxygens (including phenoxy) is 1. The number of aromatic nitrogens is 1. The molecule has 1 amide bonds. The third-order valence-corrected chi connectivity index (χ3v) is 5.95. The van der Waals surface area contributed by atoms with Gasteiger partial charge < -0.3 is 10.1 Å². The minimum atomic E-state index is -0.0869. The fourth-order valence-electron chi connectivity index (χ4n) is 4.00. The van der Waals surface area contributed by atoms with E-state index >= 15 is 0 Å². The van der Waals surface area contributed by atoms with Gasteiger partial charge in [0.05, 0.1) is 18.2 Å². The van der Waals surface area contributed by atoms with Gasteiger partial charge in [0.2, 0.25) is 0 Å². The molecular weight excluding hydrogens is 398 g/mol. The summed E-state index contributed by atoms with van der Waals surface area (Å²) in [4.78, 5) is 19.6. The third-order valence-electron chi connectivity index (χ3n) is 5.75. The number of hydrogen-bond donors (Lipinski definition) is 1.